The molecule has 0 atom stereocenters. The minimum Gasteiger partial charge on any atom is -0.379 e. The lowest BCUT2D eigenvalue weighted by Crippen LogP contribution is -2.47. The molecule has 0 aliphatic carbocycles. The highest BCUT2D eigenvalue weighted by atomic mass is 32.1. The predicted octanol–water partition coefficient (Wildman–Crippen LogP) is 2.52. The smallest absolute Gasteiger partial charge is 0.0762 e. The first-order valence-electron chi connectivity index (χ1n) is 5.76. The Kier molecular flexibility index (Phi) is 2.74. The first-order valence-corrected chi connectivity index (χ1v) is 6.64. The Morgan fingerprint density at radius 1 is 1.18 bits per heavy atom. The highest BCUT2D eigenvalue weighted by Crippen LogP contribution is 2.41. The van der Waals surface area contributed by atoms with Crippen LogP contribution in [-0.4, -0.2) is 13.2 Å². The molecule has 2 N–H and O–H groups in total. The molecule has 0 bridgehead atoms. The third-order valence-corrected chi connectivity index (χ3v) is 4.51. The Labute approximate surface area is 105 Å². The molecule has 3 rings (SSSR count). The summed E-state index contributed by atoms with van der Waals surface area (Å²) in [5.74, 6) is 0. The van der Waals surface area contributed by atoms with Gasteiger partial charge in [0.05, 0.1) is 18.6 Å². The van der Waals surface area contributed by atoms with E-state index in [9.17, 15) is 0 Å². The van der Waals surface area contributed by atoms with Crippen molar-refractivity contribution in [2.45, 2.75) is 12.0 Å². The molecule has 2 nitrogen and oxygen atoms in total. The molecule has 1 fully saturated rings. The fourth-order valence-corrected chi connectivity index (χ4v) is 3.19. The summed E-state index contributed by atoms with van der Waals surface area (Å²) in [5, 5.41) is 2.13. The van der Waals surface area contributed by atoms with E-state index in [1.807, 2.05) is 0 Å². The molecule has 17 heavy (non-hydrogen) atoms. The van der Waals surface area contributed by atoms with Crippen LogP contribution in [0.4, 0.5) is 0 Å². The summed E-state index contributed by atoms with van der Waals surface area (Å²) in [4.78, 5) is 1.39. The van der Waals surface area contributed by atoms with Gasteiger partial charge in [0, 0.05) is 11.4 Å². The third kappa shape index (κ3) is 1.71. The molecule has 0 saturated carbocycles. The quantitative estimate of drug-likeness (QED) is 0.902. The molecule has 2 aromatic rings. The Bertz CT molecular complexity index is 485. The van der Waals surface area contributed by atoms with Crippen molar-refractivity contribution >= 4 is 11.3 Å². The SMILES string of the molecule is NCc1ccc(C2(c3cccs3)COC2)cc1. The average molecular weight is 245 g/mol. The first kappa shape index (κ1) is 11.0. The van der Waals surface area contributed by atoms with Crippen LogP contribution in [0.25, 0.3) is 0 Å². The van der Waals surface area contributed by atoms with Crippen molar-refractivity contribution < 1.29 is 4.74 Å². The molecule has 1 aliphatic heterocycles. The number of hydrogen-bond donors (Lipinski definition) is 1. The summed E-state index contributed by atoms with van der Waals surface area (Å²) in [7, 11) is 0. The Hall–Kier alpha value is -1.16. The summed E-state index contributed by atoms with van der Waals surface area (Å²) in [5.41, 5.74) is 8.22. The number of nitrogens with two attached hydrogens (primary N) is 1. The van der Waals surface area contributed by atoms with Gasteiger partial charge in [-0.3, -0.25) is 0 Å². The van der Waals surface area contributed by atoms with E-state index in [1.54, 1.807) is 11.3 Å². The minimum absolute atomic E-state index is 0.0846. The molecule has 0 amide bonds. The van der Waals surface area contributed by atoms with Crippen LogP contribution < -0.4 is 5.73 Å². The van der Waals surface area contributed by atoms with Gasteiger partial charge in [-0.25, -0.2) is 0 Å². The van der Waals surface area contributed by atoms with Crippen molar-refractivity contribution in [2.75, 3.05) is 13.2 Å². The van der Waals surface area contributed by atoms with E-state index in [-0.39, 0.29) is 5.41 Å². The molecule has 1 aromatic carbocycles. The highest BCUT2D eigenvalue weighted by Gasteiger charge is 2.42. The molecule has 1 saturated heterocycles. The van der Waals surface area contributed by atoms with E-state index in [0.29, 0.717) is 6.54 Å². The van der Waals surface area contributed by atoms with Gasteiger partial charge in [0.15, 0.2) is 0 Å². The van der Waals surface area contributed by atoms with Gasteiger partial charge in [0.25, 0.3) is 0 Å². The topological polar surface area (TPSA) is 35.2 Å². The van der Waals surface area contributed by atoms with E-state index >= 15 is 0 Å². The summed E-state index contributed by atoms with van der Waals surface area (Å²) in [6.45, 7) is 2.17. The van der Waals surface area contributed by atoms with Crippen LogP contribution in [0.5, 0.6) is 0 Å². The van der Waals surface area contributed by atoms with E-state index in [0.717, 1.165) is 13.2 Å². The molecule has 1 aromatic heterocycles. The molecule has 0 radical (unpaired) electrons. The largest absolute Gasteiger partial charge is 0.379 e. The monoisotopic (exact) mass is 245 g/mol. The summed E-state index contributed by atoms with van der Waals surface area (Å²) in [6.07, 6.45) is 0. The van der Waals surface area contributed by atoms with E-state index in [1.165, 1.54) is 16.0 Å². The van der Waals surface area contributed by atoms with Gasteiger partial charge in [-0.15, -0.1) is 11.3 Å². The number of benzene rings is 1. The fraction of sp³-hybridized carbons (Fsp3) is 0.286. The lowest BCUT2D eigenvalue weighted by atomic mass is 9.77. The fourth-order valence-electron chi connectivity index (χ4n) is 2.27. The second-order valence-corrected chi connectivity index (χ2v) is 5.40. The minimum atomic E-state index is 0.0846. The van der Waals surface area contributed by atoms with Crippen molar-refractivity contribution in [1.82, 2.24) is 0 Å². The van der Waals surface area contributed by atoms with Gasteiger partial charge >= 0.3 is 0 Å². The number of thiophene rings is 1. The zero-order valence-electron chi connectivity index (χ0n) is 9.56. The van der Waals surface area contributed by atoms with Crippen molar-refractivity contribution in [1.29, 1.82) is 0 Å². The molecule has 0 spiro atoms. The molecular formula is C14H15NOS. The maximum Gasteiger partial charge on any atom is 0.0762 e. The predicted molar refractivity (Wildman–Crippen MR) is 70.3 cm³/mol. The average Bonchev–Trinajstić information content (AvgIpc) is 2.83. The highest BCUT2D eigenvalue weighted by molar-refractivity contribution is 7.10. The van der Waals surface area contributed by atoms with Crippen molar-refractivity contribution in [2.24, 2.45) is 5.73 Å². The number of ether oxygens (including phenoxy) is 1. The summed E-state index contributed by atoms with van der Waals surface area (Å²) < 4.78 is 5.45. The summed E-state index contributed by atoms with van der Waals surface area (Å²) >= 11 is 1.81. The summed E-state index contributed by atoms with van der Waals surface area (Å²) in [6, 6.07) is 12.9. The Balaban J connectivity index is 2.00. The van der Waals surface area contributed by atoms with Gasteiger partial charge in [0.2, 0.25) is 0 Å². The van der Waals surface area contributed by atoms with Gasteiger partial charge in [0.1, 0.15) is 0 Å². The lowest BCUT2D eigenvalue weighted by Gasteiger charge is -2.41. The standard InChI is InChI=1S/C14H15NOS/c15-8-11-3-5-12(6-4-11)14(9-16-10-14)13-2-1-7-17-13/h1-7H,8-10,15H2. The van der Waals surface area contributed by atoms with E-state index < -0.39 is 0 Å². The van der Waals surface area contributed by atoms with Crippen LogP contribution in [0, 0.1) is 0 Å². The van der Waals surface area contributed by atoms with Crippen molar-refractivity contribution in [3.05, 3.63) is 57.8 Å². The molecular weight excluding hydrogens is 230 g/mol. The van der Waals surface area contributed by atoms with Crippen LogP contribution in [-0.2, 0) is 16.7 Å². The van der Waals surface area contributed by atoms with Crippen LogP contribution in [0.2, 0.25) is 0 Å². The van der Waals surface area contributed by atoms with Crippen molar-refractivity contribution in [3.8, 4) is 0 Å². The zero-order chi connectivity index (χ0) is 11.7. The second-order valence-electron chi connectivity index (χ2n) is 4.45. The van der Waals surface area contributed by atoms with Crippen LogP contribution in [0.3, 0.4) is 0 Å². The molecule has 0 unspecified atom stereocenters. The number of rotatable bonds is 3. The maximum atomic E-state index is 5.63. The van der Waals surface area contributed by atoms with Crippen LogP contribution >= 0.6 is 11.3 Å². The first-order chi connectivity index (χ1) is 8.35. The van der Waals surface area contributed by atoms with Gasteiger partial charge in [-0.05, 0) is 22.6 Å². The van der Waals surface area contributed by atoms with E-state index in [2.05, 4.69) is 41.8 Å². The van der Waals surface area contributed by atoms with Crippen molar-refractivity contribution in [3.63, 3.8) is 0 Å². The Morgan fingerprint density at radius 2 is 1.94 bits per heavy atom. The Morgan fingerprint density at radius 3 is 2.41 bits per heavy atom. The molecule has 3 heteroatoms. The van der Waals surface area contributed by atoms with Crippen LogP contribution in [0.1, 0.15) is 16.0 Å². The molecule has 2 heterocycles. The normalized spacial score (nSPS) is 17.7. The van der Waals surface area contributed by atoms with Crippen LogP contribution in [0.15, 0.2) is 41.8 Å². The zero-order valence-corrected chi connectivity index (χ0v) is 10.4. The molecule has 88 valence electrons. The van der Waals surface area contributed by atoms with Gasteiger partial charge in [-0.1, -0.05) is 30.3 Å². The molecule has 1 aliphatic rings. The number of hydrogen-bond acceptors (Lipinski definition) is 3. The van der Waals surface area contributed by atoms with Gasteiger partial charge in [-0.2, -0.15) is 0 Å². The maximum absolute atomic E-state index is 5.63. The van der Waals surface area contributed by atoms with Gasteiger partial charge < -0.3 is 10.5 Å². The second kappa shape index (κ2) is 4.26. The lowest BCUT2D eigenvalue weighted by molar-refractivity contribution is -0.0362. The third-order valence-electron chi connectivity index (χ3n) is 3.43. The van der Waals surface area contributed by atoms with E-state index in [4.69, 9.17) is 10.5 Å².